The minimum absolute atomic E-state index is 0.104. The van der Waals surface area contributed by atoms with Crippen molar-refractivity contribution in [2.24, 2.45) is 0 Å². The van der Waals surface area contributed by atoms with Crippen LogP contribution in [0.25, 0.3) is 0 Å². The molecule has 50 valence electrons. The van der Waals surface area contributed by atoms with Crippen molar-refractivity contribution in [3.05, 3.63) is 12.2 Å². The van der Waals surface area contributed by atoms with Crippen LogP contribution in [0.5, 0.6) is 0 Å². The predicted octanol–water partition coefficient (Wildman–Crippen LogP) is 0.777. The molecule has 0 radical (unpaired) electrons. The van der Waals surface area contributed by atoms with Crippen LogP contribution in [0.1, 0.15) is 18.9 Å². The van der Waals surface area contributed by atoms with Crippen LogP contribution in [0.4, 0.5) is 0 Å². The minimum atomic E-state index is -0.104. The summed E-state index contributed by atoms with van der Waals surface area (Å²) in [5, 5.41) is 3.43. The maximum atomic E-state index is 4.90. The van der Waals surface area contributed by atoms with Gasteiger partial charge >= 0.3 is 0 Å². The van der Waals surface area contributed by atoms with Crippen LogP contribution < -0.4 is 0 Å². The second-order valence-corrected chi connectivity index (χ2v) is 1.66. The topological polar surface area (TPSA) is 48.2 Å². The van der Waals surface area contributed by atoms with Crippen molar-refractivity contribution >= 4 is 0 Å². The van der Waals surface area contributed by atoms with Gasteiger partial charge < -0.3 is 9.26 Å². The molecule has 1 aromatic heterocycles. The first-order valence-electron chi connectivity index (χ1n) is 2.64. The average molecular weight is 128 g/mol. The van der Waals surface area contributed by atoms with Crippen molar-refractivity contribution in [2.75, 3.05) is 7.11 Å². The van der Waals surface area contributed by atoms with Crippen molar-refractivity contribution in [1.82, 2.24) is 10.1 Å². The maximum Gasteiger partial charge on any atom is 0.255 e. The molecule has 0 spiro atoms. The molecule has 0 aliphatic rings. The standard InChI is InChI=1S/C5H8N2O2/c1-4(8-2)5-6-3-7-9-5/h3-4H,1-2H3/t4-/m1/s1. The molecule has 0 aromatic carbocycles. The second-order valence-electron chi connectivity index (χ2n) is 1.66. The molecule has 4 heteroatoms. The summed E-state index contributed by atoms with van der Waals surface area (Å²) in [4.78, 5) is 3.78. The first-order chi connectivity index (χ1) is 4.34. The Balaban J connectivity index is 2.65. The van der Waals surface area contributed by atoms with Crippen LogP contribution in [-0.4, -0.2) is 17.3 Å². The SMILES string of the molecule is CO[C@H](C)c1ncno1. The fourth-order valence-corrected chi connectivity index (χ4v) is 0.462. The highest BCUT2D eigenvalue weighted by molar-refractivity contribution is 4.78. The van der Waals surface area contributed by atoms with Gasteiger partial charge in [0.2, 0.25) is 0 Å². The molecule has 1 atom stereocenters. The zero-order valence-corrected chi connectivity index (χ0v) is 5.37. The van der Waals surface area contributed by atoms with E-state index in [1.807, 2.05) is 6.92 Å². The summed E-state index contributed by atoms with van der Waals surface area (Å²) < 4.78 is 9.60. The molecular weight excluding hydrogens is 120 g/mol. The summed E-state index contributed by atoms with van der Waals surface area (Å²) in [7, 11) is 1.59. The number of ether oxygens (including phenoxy) is 1. The Labute approximate surface area is 52.8 Å². The molecule has 0 aliphatic heterocycles. The van der Waals surface area contributed by atoms with E-state index in [1.165, 1.54) is 6.33 Å². The summed E-state index contributed by atoms with van der Waals surface area (Å²) in [5.41, 5.74) is 0. The first-order valence-corrected chi connectivity index (χ1v) is 2.64. The van der Waals surface area contributed by atoms with Crippen LogP contribution in [-0.2, 0) is 4.74 Å². The third-order valence-corrected chi connectivity index (χ3v) is 1.08. The Morgan fingerprint density at radius 2 is 2.56 bits per heavy atom. The molecule has 0 fully saturated rings. The van der Waals surface area contributed by atoms with Crippen molar-refractivity contribution in [1.29, 1.82) is 0 Å². The maximum absolute atomic E-state index is 4.90. The molecule has 1 rings (SSSR count). The molecule has 0 unspecified atom stereocenters. The third-order valence-electron chi connectivity index (χ3n) is 1.08. The van der Waals surface area contributed by atoms with Gasteiger partial charge in [-0.15, -0.1) is 0 Å². The van der Waals surface area contributed by atoms with Crippen LogP contribution in [0.3, 0.4) is 0 Å². The highest BCUT2D eigenvalue weighted by Gasteiger charge is 2.07. The van der Waals surface area contributed by atoms with E-state index in [2.05, 4.69) is 10.1 Å². The number of hydrogen-bond donors (Lipinski definition) is 0. The van der Waals surface area contributed by atoms with Gasteiger partial charge in [0.1, 0.15) is 6.10 Å². The van der Waals surface area contributed by atoms with Crippen molar-refractivity contribution in [2.45, 2.75) is 13.0 Å². The minimum Gasteiger partial charge on any atom is -0.372 e. The normalized spacial score (nSPS) is 13.6. The smallest absolute Gasteiger partial charge is 0.255 e. The van der Waals surface area contributed by atoms with E-state index >= 15 is 0 Å². The summed E-state index contributed by atoms with van der Waals surface area (Å²) in [6, 6.07) is 0. The molecule has 4 nitrogen and oxygen atoms in total. The van der Waals surface area contributed by atoms with Gasteiger partial charge in [-0.25, -0.2) is 0 Å². The van der Waals surface area contributed by atoms with Crippen molar-refractivity contribution in [3.8, 4) is 0 Å². The zero-order valence-electron chi connectivity index (χ0n) is 5.37. The van der Waals surface area contributed by atoms with E-state index in [0.29, 0.717) is 5.89 Å². The monoisotopic (exact) mass is 128 g/mol. The van der Waals surface area contributed by atoms with Gasteiger partial charge in [-0.1, -0.05) is 5.16 Å². The molecule has 9 heavy (non-hydrogen) atoms. The van der Waals surface area contributed by atoms with Crippen LogP contribution in [0, 0.1) is 0 Å². The van der Waals surface area contributed by atoms with E-state index < -0.39 is 0 Å². The van der Waals surface area contributed by atoms with Gasteiger partial charge in [-0.05, 0) is 6.92 Å². The Bertz CT molecular complexity index is 161. The second kappa shape index (κ2) is 2.59. The largest absolute Gasteiger partial charge is 0.372 e. The van der Waals surface area contributed by atoms with Crippen molar-refractivity contribution in [3.63, 3.8) is 0 Å². The molecule has 0 aliphatic carbocycles. The van der Waals surface area contributed by atoms with E-state index in [4.69, 9.17) is 9.26 Å². The van der Waals surface area contributed by atoms with Crippen LogP contribution >= 0.6 is 0 Å². The van der Waals surface area contributed by atoms with E-state index in [9.17, 15) is 0 Å². The lowest BCUT2D eigenvalue weighted by molar-refractivity contribution is 0.0886. The summed E-state index contributed by atoms with van der Waals surface area (Å²) in [6.07, 6.45) is 1.25. The Morgan fingerprint density at radius 1 is 1.78 bits per heavy atom. The number of methoxy groups -OCH3 is 1. The predicted molar refractivity (Wildman–Crippen MR) is 29.7 cm³/mol. The molecule has 0 amide bonds. The quantitative estimate of drug-likeness (QED) is 0.590. The lowest BCUT2D eigenvalue weighted by Gasteiger charge is -2.00. The fourth-order valence-electron chi connectivity index (χ4n) is 0.462. The van der Waals surface area contributed by atoms with Gasteiger partial charge in [-0.3, -0.25) is 0 Å². The lowest BCUT2D eigenvalue weighted by Crippen LogP contribution is -1.94. The Morgan fingerprint density at radius 3 is 3.00 bits per heavy atom. The molecule has 1 aromatic rings. The molecular formula is C5H8N2O2. The third kappa shape index (κ3) is 1.26. The Hall–Kier alpha value is -0.900. The van der Waals surface area contributed by atoms with Gasteiger partial charge in [0.25, 0.3) is 5.89 Å². The van der Waals surface area contributed by atoms with Crippen molar-refractivity contribution < 1.29 is 9.26 Å². The zero-order chi connectivity index (χ0) is 6.69. The average Bonchev–Trinajstić information content (AvgIpc) is 2.37. The highest BCUT2D eigenvalue weighted by Crippen LogP contribution is 2.09. The summed E-state index contributed by atoms with van der Waals surface area (Å²) in [5.74, 6) is 0.512. The van der Waals surface area contributed by atoms with Gasteiger partial charge in [0.15, 0.2) is 6.33 Å². The molecule has 1 heterocycles. The Kier molecular flexibility index (Phi) is 1.79. The molecule has 0 saturated heterocycles. The van der Waals surface area contributed by atoms with Gasteiger partial charge in [0.05, 0.1) is 0 Å². The van der Waals surface area contributed by atoms with E-state index in [-0.39, 0.29) is 6.10 Å². The lowest BCUT2D eigenvalue weighted by atomic mass is 10.4. The van der Waals surface area contributed by atoms with E-state index in [1.54, 1.807) is 7.11 Å². The molecule has 0 bridgehead atoms. The summed E-state index contributed by atoms with van der Waals surface area (Å²) >= 11 is 0. The molecule has 0 saturated carbocycles. The fraction of sp³-hybridized carbons (Fsp3) is 0.600. The van der Waals surface area contributed by atoms with Crippen LogP contribution in [0.15, 0.2) is 10.9 Å². The number of rotatable bonds is 2. The van der Waals surface area contributed by atoms with Crippen LogP contribution in [0.2, 0.25) is 0 Å². The number of hydrogen-bond acceptors (Lipinski definition) is 4. The molecule has 0 N–H and O–H groups in total. The first kappa shape index (κ1) is 6.22. The highest BCUT2D eigenvalue weighted by atomic mass is 16.5. The summed E-state index contributed by atoms with van der Waals surface area (Å²) in [6.45, 7) is 1.84. The number of aromatic nitrogens is 2. The number of nitrogens with zero attached hydrogens (tertiary/aromatic N) is 2. The van der Waals surface area contributed by atoms with Gasteiger partial charge in [-0.2, -0.15) is 4.98 Å². The van der Waals surface area contributed by atoms with Gasteiger partial charge in [0, 0.05) is 7.11 Å². The van der Waals surface area contributed by atoms with E-state index in [0.717, 1.165) is 0 Å².